The SMILES string of the molecule is CNC(=O)CCCCCC(=O)N/N=C/c1ccc(-c2ccccc2)cc1. The van der Waals surface area contributed by atoms with Crippen LogP contribution in [0.1, 0.15) is 37.7 Å². The van der Waals surface area contributed by atoms with Crippen LogP contribution >= 0.6 is 0 Å². The zero-order valence-corrected chi connectivity index (χ0v) is 15.1. The largest absolute Gasteiger partial charge is 0.359 e. The topological polar surface area (TPSA) is 70.6 Å². The monoisotopic (exact) mass is 351 g/mol. The molecule has 26 heavy (non-hydrogen) atoms. The lowest BCUT2D eigenvalue weighted by molar-refractivity contribution is -0.121. The van der Waals surface area contributed by atoms with Crippen molar-refractivity contribution in [2.75, 3.05) is 7.05 Å². The standard InChI is InChI=1S/C21H25N3O2/c1-22-20(25)10-6-3-7-11-21(26)24-23-16-17-12-14-19(15-13-17)18-8-4-2-5-9-18/h2,4-5,8-9,12-16H,3,6-7,10-11H2,1H3,(H,22,25)(H,24,26)/b23-16+. The van der Waals surface area contributed by atoms with Crippen molar-refractivity contribution in [1.82, 2.24) is 10.7 Å². The lowest BCUT2D eigenvalue weighted by Gasteiger charge is -2.02. The van der Waals surface area contributed by atoms with E-state index in [4.69, 9.17) is 0 Å². The summed E-state index contributed by atoms with van der Waals surface area (Å²) in [5.41, 5.74) is 5.78. The first-order chi connectivity index (χ1) is 12.7. The van der Waals surface area contributed by atoms with E-state index in [-0.39, 0.29) is 11.8 Å². The summed E-state index contributed by atoms with van der Waals surface area (Å²) in [5, 5.41) is 6.58. The van der Waals surface area contributed by atoms with E-state index < -0.39 is 0 Å². The molecule has 0 radical (unpaired) electrons. The fraction of sp³-hybridized carbons (Fsp3) is 0.286. The van der Waals surface area contributed by atoms with Crippen LogP contribution in [0.5, 0.6) is 0 Å². The van der Waals surface area contributed by atoms with E-state index in [0.717, 1.165) is 30.4 Å². The average Bonchev–Trinajstić information content (AvgIpc) is 2.68. The van der Waals surface area contributed by atoms with Crippen LogP contribution in [0.15, 0.2) is 59.7 Å². The quantitative estimate of drug-likeness (QED) is 0.412. The molecule has 5 heteroatoms. The number of hydrogen-bond donors (Lipinski definition) is 2. The van der Waals surface area contributed by atoms with Crippen LogP contribution in [0.2, 0.25) is 0 Å². The first kappa shape index (κ1) is 19.4. The second-order valence-electron chi connectivity index (χ2n) is 6.02. The molecule has 0 aromatic heterocycles. The zero-order valence-electron chi connectivity index (χ0n) is 15.1. The molecule has 0 spiro atoms. The summed E-state index contributed by atoms with van der Waals surface area (Å²) >= 11 is 0. The van der Waals surface area contributed by atoms with Gasteiger partial charge < -0.3 is 5.32 Å². The van der Waals surface area contributed by atoms with E-state index in [1.807, 2.05) is 42.5 Å². The Kier molecular flexibility index (Phi) is 8.06. The molecule has 0 unspecified atom stereocenters. The number of unbranched alkanes of at least 4 members (excludes halogenated alkanes) is 2. The number of amides is 2. The highest BCUT2D eigenvalue weighted by Crippen LogP contribution is 2.18. The van der Waals surface area contributed by atoms with Gasteiger partial charge in [0.1, 0.15) is 0 Å². The van der Waals surface area contributed by atoms with E-state index in [2.05, 4.69) is 28.0 Å². The number of hydrogen-bond acceptors (Lipinski definition) is 3. The molecule has 0 aliphatic rings. The Morgan fingerprint density at radius 1 is 0.846 bits per heavy atom. The number of nitrogens with one attached hydrogen (secondary N) is 2. The molecule has 0 fully saturated rings. The highest BCUT2D eigenvalue weighted by molar-refractivity contribution is 5.83. The molecule has 2 rings (SSSR count). The minimum Gasteiger partial charge on any atom is -0.359 e. The number of hydrazone groups is 1. The molecule has 0 bridgehead atoms. The van der Waals surface area contributed by atoms with E-state index in [9.17, 15) is 9.59 Å². The molecule has 0 atom stereocenters. The highest BCUT2D eigenvalue weighted by atomic mass is 16.2. The van der Waals surface area contributed by atoms with Crippen molar-refractivity contribution < 1.29 is 9.59 Å². The molecule has 0 heterocycles. The molecule has 0 aliphatic heterocycles. The van der Waals surface area contributed by atoms with Crippen molar-refractivity contribution in [3.8, 4) is 11.1 Å². The number of nitrogens with zero attached hydrogens (tertiary/aromatic N) is 1. The second-order valence-corrected chi connectivity index (χ2v) is 6.02. The van der Waals surface area contributed by atoms with Gasteiger partial charge in [0.15, 0.2) is 0 Å². The van der Waals surface area contributed by atoms with Crippen molar-refractivity contribution in [1.29, 1.82) is 0 Å². The van der Waals surface area contributed by atoms with Crippen molar-refractivity contribution in [3.63, 3.8) is 0 Å². The van der Waals surface area contributed by atoms with Gasteiger partial charge in [-0.1, -0.05) is 61.0 Å². The summed E-state index contributed by atoms with van der Waals surface area (Å²) < 4.78 is 0. The van der Waals surface area contributed by atoms with Crippen LogP contribution in [-0.2, 0) is 9.59 Å². The summed E-state index contributed by atoms with van der Waals surface area (Å²) in [6.45, 7) is 0. The minimum atomic E-state index is -0.109. The van der Waals surface area contributed by atoms with Gasteiger partial charge in [0, 0.05) is 19.9 Å². The maximum atomic E-state index is 11.7. The van der Waals surface area contributed by atoms with Crippen LogP contribution < -0.4 is 10.7 Å². The van der Waals surface area contributed by atoms with Gasteiger partial charge in [-0.25, -0.2) is 5.43 Å². The van der Waals surface area contributed by atoms with E-state index in [0.29, 0.717) is 12.8 Å². The molecule has 136 valence electrons. The van der Waals surface area contributed by atoms with Gasteiger partial charge in [-0.05, 0) is 29.5 Å². The van der Waals surface area contributed by atoms with Gasteiger partial charge in [-0.15, -0.1) is 0 Å². The summed E-state index contributed by atoms with van der Waals surface area (Å²) in [7, 11) is 1.63. The Bertz CT molecular complexity index is 725. The Morgan fingerprint density at radius 3 is 2.12 bits per heavy atom. The zero-order chi connectivity index (χ0) is 18.6. The minimum absolute atomic E-state index is 0.0392. The van der Waals surface area contributed by atoms with Crippen molar-refractivity contribution in [2.24, 2.45) is 5.10 Å². The van der Waals surface area contributed by atoms with E-state index >= 15 is 0 Å². The first-order valence-corrected chi connectivity index (χ1v) is 8.87. The fourth-order valence-corrected chi connectivity index (χ4v) is 2.50. The highest BCUT2D eigenvalue weighted by Gasteiger charge is 2.01. The lowest BCUT2D eigenvalue weighted by Crippen LogP contribution is -2.18. The third-order valence-corrected chi connectivity index (χ3v) is 4.01. The first-order valence-electron chi connectivity index (χ1n) is 8.87. The number of carbonyl (C=O) groups excluding carboxylic acids is 2. The molecule has 2 amide bonds. The maximum Gasteiger partial charge on any atom is 0.240 e. The van der Waals surface area contributed by atoms with Crippen LogP contribution in [0.3, 0.4) is 0 Å². The van der Waals surface area contributed by atoms with E-state index in [1.165, 1.54) is 5.56 Å². The van der Waals surface area contributed by atoms with E-state index in [1.54, 1.807) is 13.3 Å². The second kappa shape index (κ2) is 10.8. The third kappa shape index (κ3) is 6.89. The Labute approximate surface area is 154 Å². The number of benzene rings is 2. The van der Waals surface area contributed by atoms with Gasteiger partial charge in [0.05, 0.1) is 6.21 Å². The molecular formula is C21H25N3O2. The molecular weight excluding hydrogens is 326 g/mol. The normalized spacial score (nSPS) is 10.7. The third-order valence-electron chi connectivity index (χ3n) is 4.01. The van der Waals surface area contributed by atoms with Crippen molar-refractivity contribution in [3.05, 3.63) is 60.2 Å². The molecule has 0 aliphatic carbocycles. The van der Waals surface area contributed by atoms with Crippen LogP contribution in [-0.4, -0.2) is 25.1 Å². The molecule has 5 nitrogen and oxygen atoms in total. The summed E-state index contributed by atoms with van der Waals surface area (Å²) in [4.78, 5) is 22.8. The van der Waals surface area contributed by atoms with Crippen LogP contribution in [0.25, 0.3) is 11.1 Å². The molecule has 2 aromatic carbocycles. The average molecular weight is 351 g/mol. The summed E-state index contributed by atoms with van der Waals surface area (Å²) in [6, 6.07) is 18.2. The van der Waals surface area contributed by atoms with Gasteiger partial charge in [-0.3, -0.25) is 9.59 Å². The Hall–Kier alpha value is -2.95. The van der Waals surface area contributed by atoms with Gasteiger partial charge in [0.25, 0.3) is 0 Å². The van der Waals surface area contributed by atoms with Crippen molar-refractivity contribution in [2.45, 2.75) is 32.1 Å². The van der Waals surface area contributed by atoms with Crippen LogP contribution in [0.4, 0.5) is 0 Å². The Balaban J connectivity index is 1.69. The molecule has 0 saturated heterocycles. The fourth-order valence-electron chi connectivity index (χ4n) is 2.50. The number of rotatable bonds is 9. The predicted octanol–water partition coefficient (Wildman–Crippen LogP) is 3.50. The van der Waals surface area contributed by atoms with Gasteiger partial charge >= 0.3 is 0 Å². The maximum absolute atomic E-state index is 11.7. The summed E-state index contributed by atoms with van der Waals surface area (Å²) in [6.07, 6.45) is 4.96. The lowest BCUT2D eigenvalue weighted by atomic mass is 10.0. The molecule has 2 N–H and O–H groups in total. The predicted molar refractivity (Wildman–Crippen MR) is 105 cm³/mol. The van der Waals surface area contributed by atoms with Gasteiger partial charge in [-0.2, -0.15) is 5.10 Å². The Morgan fingerprint density at radius 2 is 1.46 bits per heavy atom. The van der Waals surface area contributed by atoms with Gasteiger partial charge in [0.2, 0.25) is 11.8 Å². The smallest absolute Gasteiger partial charge is 0.240 e. The summed E-state index contributed by atoms with van der Waals surface area (Å²) in [5.74, 6) is -0.0700. The molecule has 2 aromatic rings. The number of carbonyl (C=O) groups is 2. The van der Waals surface area contributed by atoms with Crippen LogP contribution in [0, 0.1) is 0 Å². The van der Waals surface area contributed by atoms with Crippen molar-refractivity contribution >= 4 is 18.0 Å². The molecule has 0 saturated carbocycles.